The fourth-order valence-electron chi connectivity index (χ4n) is 2.34. The van der Waals surface area contributed by atoms with Gasteiger partial charge in [0.25, 0.3) is 0 Å². The van der Waals surface area contributed by atoms with Crippen LogP contribution < -0.4 is 20.1 Å². The molecular formula is C18H19ClN2O3. The molecule has 1 fully saturated rings. The van der Waals surface area contributed by atoms with Crippen LogP contribution in [0.4, 0.5) is 17.1 Å². The van der Waals surface area contributed by atoms with Gasteiger partial charge in [-0.2, -0.15) is 0 Å². The molecule has 0 saturated heterocycles. The number of methoxy groups -OCH3 is 2. The first-order valence-electron chi connectivity index (χ1n) is 7.70. The van der Waals surface area contributed by atoms with Gasteiger partial charge in [-0.25, -0.2) is 0 Å². The molecule has 2 aromatic carbocycles. The topological polar surface area (TPSA) is 59.6 Å². The van der Waals surface area contributed by atoms with E-state index in [1.165, 1.54) is 0 Å². The third-order valence-electron chi connectivity index (χ3n) is 3.85. The van der Waals surface area contributed by atoms with Gasteiger partial charge in [0, 0.05) is 29.4 Å². The highest BCUT2D eigenvalue weighted by molar-refractivity contribution is 6.32. The Morgan fingerprint density at radius 3 is 2.25 bits per heavy atom. The third kappa shape index (κ3) is 3.74. The number of halogens is 1. The molecule has 1 saturated carbocycles. The molecule has 0 aromatic heterocycles. The number of carbonyl (C=O) groups excluding carboxylic acids is 1. The first kappa shape index (κ1) is 16.5. The van der Waals surface area contributed by atoms with E-state index in [-0.39, 0.29) is 11.8 Å². The SMILES string of the molecule is COc1cc(Nc2ccc(NC(=O)C3CC3)cc2)c(OC)cc1Cl. The van der Waals surface area contributed by atoms with E-state index in [1.807, 2.05) is 24.3 Å². The van der Waals surface area contributed by atoms with Crippen molar-refractivity contribution in [3.05, 3.63) is 41.4 Å². The van der Waals surface area contributed by atoms with Gasteiger partial charge in [-0.1, -0.05) is 11.6 Å². The summed E-state index contributed by atoms with van der Waals surface area (Å²) >= 11 is 6.11. The quantitative estimate of drug-likeness (QED) is 0.811. The first-order valence-corrected chi connectivity index (χ1v) is 8.08. The van der Waals surface area contributed by atoms with Gasteiger partial charge < -0.3 is 20.1 Å². The molecule has 0 radical (unpaired) electrons. The molecule has 2 N–H and O–H groups in total. The van der Waals surface area contributed by atoms with Gasteiger partial charge >= 0.3 is 0 Å². The number of hydrogen-bond acceptors (Lipinski definition) is 4. The van der Waals surface area contributed by atoms with Gasteiger partial charge in [0.2, 0.25) is 5.91 Å². The molecule has 2 aromatic rings. The van der Waals surface area contributed by atoms with Crippen molar-refractivity contribution in [2.24, 2.45) is 5.92 Å². The minimum atomic E-state index is 0.0971. The van der Waals surface area contributed by atoms with Crippen LogP contribution in [0.3, 0.4) is 0 Å². The van der Waals surface area contributed by atoms with Crippen molar-refractivity contribution in [2.45, 2.75) is 12.8 Å². The molecule has 24 heavy (non-hydrogen) atoms. The van der Waals surface area contributed by atoms with Crippen molar-refractivity contribution in [3.8, 4) is 11.5 Å². The van der Waals surface area contributed by atoms with Gasteiger partial charge in [-0.05, 0) is 37.1 Å². The Morgan fingerprint density at radius 1 is 1.04 bits per heavy atom. The van der Waals surface area contributed by atoms with E-state index in [9.17, 15) is 4.79 Å². The lowest BCUT2D eigenvalue weighted by Gasteiger charge is -2.14. The highest BCUT2D eigenvalue weighted by Crippen LogP contribution is 2.37. The summed E-state index contributed by atoms with van der Waals surface area (Å²) in [4.78, 5) is 11.8. The van der Waals surface area contributed by atoms with Crippen LogP contribution >= 0.6 is 11.6 Å². The summed E-state index contributed by atoms with van der Waals surface area (Å²) in [5, 5.41) is 6.66. The number of benzene rings is 2. The monoisotopic (exact) mass is 346 g/mol. The van der Waals surface area contributed by atoms with Crippen molar-refractivity contribution >= 4 is 34.6 Å². The van der Waals surface area contributed by atoms with Crippen LogP contribution in [0.2, 0.25) is 5.02 Å². The van der Waals surface area contributed by atoms with E-state index in [2.05, 4.69) is 10.6 Å². The average molecular weight is 347 g/mol. The molecule has 6 heteroatoms. The molecule has 0 atom stereocenters. The predicted molar refractivity (Wildman–Crippen MR) is 95.6 cm³/mol. The normalized spacial score (nSPS) is 13.3. The second kappa shape index (κ2) is 7.01. The van der Waals surface area contributed by atoms with E-state index in [1.54, 1.807) is 26.4 Å². The van der Waals surface area contributed by atoms with E-state index >= 15 is 0 Å². The molecule has 1 amide bonds. The largest absolute Gasteiger partial charge is 0.495 e. The summed E-state index contributed by atoms with van der Waals surface area (Å²) < 4.78 is 10.6. The fraction of sp³-hybridized carbons (Fsp3) is 0.278. The highest BCUT2D eigenvalue weighted by Gasteiger charge is 2.29. The maximum Gasteiger partial charge on any atom is 0.227 e. The Morgan fingerprint density at radius 2 is 1.67 bits per heavy atom. The smallest absolute Gasteiger partial charge is 0.227 e. The van der Waals surface area contributed by atoms with Crippen molar-refractivity contribution < 1.29 is 14.3 Å². The Bertz CT molecular complexity index is 743. The molecule has 0 spiro atoms. The number of rotatable bonds is 6. The standard InChI is InChI=1S/C18H19ClN2O3/c1-23-16-10-15(17(24-2)9-14(16)19)20-12-5-7-13(8-6-12)21-18(22)11-3-4-11/h5-11,20H,3-4H2,1-2H3,(H,21,22). The van der Waals surface area contributed by atoms with Crippen molar-refractivity contribution in [2.75, 3.05) is 24.9 Å². The number of nitrogens with one attached hydrogen (secondary N) is 2. The van der Waals surface area contributed by atoms with Crippen molar-refractivity contribution in [3.63, 3.8) is 0 Å². The fourth-order valence-corrected chi connectivity index (χ4v) is 2.57. The van der Waals surface area contributed by atoms with Gasteiger partial charge in [0.1, 0.15) is 11.5 Å². The molecule has 126 valence electrons. The Kier molecular flexibility index (Phi) is 4.81. The second-order valence-corrected chi connectivity index (χ2v) is 6.06. The van der Waals surface area contributed by atoms with Crippen LogP contribution in [-0.2, 0) is 4.79 Å². The molecule has 1 aliphatic carbocycles. The molecule has 5 nitrogen and oxygen atoms in total. The maximum absolute atomic E-state index is 11.8. The Balaban J connectivity index is 1.74. The van der Waals surface area contributed by atoms with Gasteiger partial charge in [-0.3, -0.25) is 4.79 Å². The summed E-state index contributed by atoms with van der Waals surface area (Å²) in [5.41, 5.74) is 2.40. The molecule has 0 bridgehead atoms. The zero-order valence-electron chi connectivity index (χ0n) is 13.6. The average Bonchev–Trinajstić information content (AvgIpc) is 3.42. The lowest BCUT2D eigenvalue weighted by atomic mass is 10.2. The van der Waals surface area contributed by atoms with E-state index in [4.69, 9.17) is 21.1 Å². The van der Waals surface area contributed by atoms with Crippen LogP contribution in [0.1, 0.15) is 12.8 Å². The Labute approximate surface area is 145 Å². The summed E-state index contributed by atoms with van der Waals surface area (Å²) in [6.45, 7) is 0. The van der Waals surface area contributed by atoms with Crippen molar-refractivity contribution in [1.82, 2.24) is 0 Å². The Hall–Kier alpha value is -2.40. The summed E-state index contributed by atoms with van der Waals surface area (Å²) in [5.74, 6) is 1.47. The van der Waals surface area contributed by atoms with Crippen LogP contribution in [0.25, 0.3) is 0 Å². The number of carbonyl (C=O) groups is 1. The number of amides is 1. The lowest BCUT2D eigenvalue weighted by molar-refractivity contribution is -0.117. The van der Waals surface area contributed by atoms with Crippen LogP contribution in [0, 0.1) is 5.92 Å². The number of ether oxygens (including phenoxy) is 2. The van der Waals surface area contributed by atoms with Crippen LogP contribution in [-0.4, -0.2) is 20.1 Å². The molecule has 3 rings (SSSR count). The van der Waals surface area contributed by atoms with E-state index < -0.39 is 0 Å². The number of hydrogen-bond donors (Lipinski definition) is 2. The molecule has 1 aliphatic rings. The van der Waals surface area contributed by atoms with Crippen molar-refractivity contribution in [1.29, 1.82) is 0 Å². The van der Waals surface area contributed by atoms with Crippen LogP contribution in [0.5, 0.6) is 11.5 Å². The van der Waals surface area contributed by atoms with Gasteiger partial charge in [0.15, 0.2) is 0 Å². The van der Waals surface area contributed by atoms with Crippen LogP contribution in [0.15, 0.2) is 36.4 Å². The third-order valence-corrected chi connectivity index (χ3v) is 4.15. The maximum atomic E-state index is 11.8. The molecule has 0 aliphatic heterocycles. The molecule has 0 heterocycles. The predicted octanol–water partition coefficient (Wildman–Crippen LogP) is 4.45. The highest BCUT2D eigenvalue weighted by atomic mass is 35.5. The lowest BCUT2D eigenvalue weighted by Crippen LogP contribution is -2.13. The number of anilines is 3. The van der Waals surface area contributed by atoms with Gasteiger partial charge in [-0.15, -0.1) is 0 Å². The summed E-state index contributed by atoms with van der Waals surface area (Å²) in [7, 11) is 3.15. The second-order valence-electron chi connectivity index (χ2n) is 5.65. The minimum absolute atomic E-state index is 0.0971. The summed E-state index contributed by atoms with van der Waals surface area (Å²) in [6.07, 6.45) is 1.98. The molecular weight excluding hydrogens is 328 g/mol. The van der Waals surface area contributed by atoms with Gasteiger partial charge in [0.05, 0.1) is 24.9 Å². The zero-order chi connectivity index (χ0) is 17.1. The molecule has 0 unspecified atom stereocenters. The minimum Gasteiger partial charge on any atom is -0.495 e. The van der Waals surface area contributed by atoms with E-state index in [0.717, 1.165) is 29.9 Å². The van der Waals surface area contributed by atoms with E-state index in [0.29, 0.717) is 16.5 Å². The first-order chi connectivity index (χ1) is 11.6. The summed E-state index contributed by atoms with van der Waals surface area (Å²) in [6, 6.07) is 11.0. The zero-order valence-corrected chi connectivity index (χ0v) is 14.3.